The zero-order valence-corrected chi connectivity index (χ0v) is 12.2. The van der Waals surface area contributed by atoms with Gasteiger partial charge in [0.25, 0.3) is 5.91 Å². The predicted molar refractivity (Wildman–Crippen MR) is 77.9 cm³/mol. The van der Waals surface area contributed by atoms with Gasteiger partial charge in [-0.05, 0) is 35.5 Å². The van der Waals surface area contributed by atoms with Crippen LogP contribution in [-0.2, 0) is 0 Å². The van der Waals surface area contributed by atoms with Gasteiger partial charge in [0.05, 0.1) is 0 Å². The van der Waals surface area contributed by atoms with Gasteiger partial charge in [0, 0.05) is 12.1 Å². The summed E-state index contributed by atoms with van der Waals surface area (Å²) in [6, 6.07) is 5.29. The van der Waals surface area contributed by atoms with Crippen LogP contribution in [0, 0.1) is 0 Å². The fourth-order valence-electron chi connectivity index (χ4n) is 1.71. The Bertz CT molecular complexity index is 423. The summed E-state index contributed by atoms with van der Waals surface area (Å²) in [4.78, 5) is 11.9. The van der Waals surface area contributed by atoms with Crippen LogP contribution in [0.3, 0.4) is 0 Å². The number of alkyl halides is 1. The van der Waals surface area contributed by atoms with E-state index in [0.29, 0.717) is 30.3 Å². The van der Waals surface area contributed by atoms with Crippen molar-refractivity contribution in [2.75, 3.05) is 24.2 Å². The van der Waals surface area contributed by atoms with Crippen LogP contribution in [0.15, 0.2) is 18.2 Å². The van der Waals surface area contributed by atoms with Crippen LogP contribution in [0.1, 0.15) is 23.2 Å². The molecule has 1 heterocycles. The maximum Gasteiger partial charge on any atom is 0.251 e. The molecule has 0 spiro atoms. The number of ether oxygens (including phenoxy) is 2. The summed E-state index contributed by atoms with van der Waals surface area (Å²) in [5.41, 5.74) is 0.619. The lowest BCUT2D eigenvalue weighted by atomic mass is 10.2. The molecule has 0 unspecified atom stereocenters. The fraction of sp³-hybridized carbons (Fsp3) is 0.462. The molecule has 0 aromatic heterocycles. The average Bonchev–Trinajstić information content (AvgIpc) is 2.43. The van der Waals surface area contributed by atoms with Crippen molar-refractivity contribution in [1.82, 2.24) is 5.32 Å². The van der Waals surface area contributed by atoms with E-state index >= 15 is 0 Å². The smallest absolute Gasteiger partial charge is 0.251 e. The van der Waals surface area contributed by atoms with E-state index in [1.54, 1.807) is 18.2 Å². The largest absolute Gasteiger partial charge is 0.486 e. The Hall–Kier alpha value is -0.980. The number of fused-ring (bicyclic) bond motifs is 1. The standard InChI is InChI=1S/C13H16INO3/c14-5-1-2-6-15-13(16)10-3-4-11-12(9-10)18-8-7-17-11/h3-4,9H,1-2,5-8H2,(H,15,16). The average molecular weight is 361 g/mol. The highest BCUT2D eigenvalue weighted by molar-refractivity contribution is 14.1. The first-order chi connectivity index (χ1) is 8.81. The van der Waals surface area contributed by atoms with Gasteiger partial charge in [0.15, 0.2) is 11.5 Å². The van der Waals surface area contributed by atoms with E-state index in [9.17, 15) is 4.79 Å². The minimum atomic E-state index is -0.0552. The summed E-state index contributed by atoms with van der Waals surface area (Å²) in [5.74, 6) is 1.31. The Balaban J connectivity index is 1.94. The summed E-state index contributed by atoms with van der Waals surface area (Å²) in [7, 11) is 0. The third-order valence-corrected chi connectivity index (χ3v) is 3.41. The van der Waals surface area contributed by atoms with E-state index in [1.807, 2.05) is 0 Å². The molecule has 18 heavy (non-hydrogen) atoms. The number of rotatable bonds is 5. The lowest BCUT2D eigenvalue weighted by Crippen LogP contribution is -2.25. The lowest BCUT2D eigenvalue weighted by Gasteiger charge is -2.18. The first-order valence-corrected chi connectivity index (χ1v) is 7.57. The molecule has 2 rings (SSSR count). The Labute approximate surface area is 120 Å². The van der Waals surface area contributed by atoms with Gasteiger partial charge < -0.3 is 14.8 Å². The zero-order valence-electron chi connectivity index (χ0n) is 10.1. The number of carbonyl (C=O) groups is 1. The molecule has 0 aliphatic carbocycles. The molecule has 5 heteroatoms. The quantitative estimate of drug-likeness (QED) is 0.498. The van der Waals surface area contributed by atoms with Gasteiger partial charge in [0.1, 0.15) is 13.2 Å². The van der Waals surface area contributed by atoms with Gasteiger partial charge in [-0.2, -0.15) is 0 Å². The van der Waals surface area contributed by atoms with Gasteiger partial charge in [-0.1, -0.05) is 22.6 Å². The molecule has 1 aliphatic rings. The molecule has 1 amide bonds. The van der Waals surface area contributed by atoms with Crippen molar-refractivity contribution in [2.45, 2.75) is 12.8 Å². The first-order valence-electron chi connectivity index (χ1n) is 6.05. The van der Waals surface area contributed by atoms with E-state index in [-0.39, 0.29) is 5.91 Å². The number of nitrogens with one attached hydrogen (secondary N) is 1. The Morgan fingerprint density at radius 1 is 1.22 bits per heavy atom. The van der Waals surface area contributed by atoms with Crippen LogP contribution in [0.5, 0.6) is 11.5 Å². The molecule has 4 nitrogen and oxygen atoms in total. The molecule has 0 fully saturated rings. The van der Waals surface area contributed by atoms with Crippen molar-refractivity contribution in [3.63, 3.8) is 0 Å². The third-order valence-electron chi connectivity index (χ3n) is 2.65. The Morgan fingerprint density at radius 2 is 2.00 bits per heavy atom. The summed E-state index contributed by atoms with van der Waals surface area (Å²) >= 11 is 2.34. The maximum atomic E-state index is 11.9. The SMILES string of the molecule is O=C(NCCCCI)c1ccc2c(c1)OCCO2. The van der Waals surface area contributed by atoms with Gasteiger partial charge >= 0.3 is 0 Å². The summed E-state index contributed by atoms with van der Waals surface area (Å²) in [5, 5.41) is 2.90. The molecular weight excluding hydrogens is 345 g/mol. The highest BCUT2D eigenvalue weighted by Crippen LogP contribution is 2.30. The van der Waals surface area contributed by atoms with E-state index in [1.165, 1.54) is 0 Å². The topological polar surface area (TPSA) is 47.6 Å². The molecule has 0 bridgehead atoms. The fourth-order valence-corrected chi connectivity index (χ4v) is 2.25. The van der Waals surface area contributed by atoms with Crippen molar-refractivity contribution < 1.29 is 14.3 Å². The molecule has 0 saturated carbocycles. The molecule has 0 radical (unpaired) electrons. The van der Waals surface area contributed by atoms with E-state index in [0.717, 1.165) is 23.8 Å². The van der Waals surface area contributed by atoms with Crippen LogP contribution >= 0.6 is 22.6 Å². The van der Waals surface area contributed by atoms with Crippen LogP contribution in [0.25, 0.3) is 0 Å². The normalized spacial score (nSPS) is 13.2. The molecule has 0 atom stereocenters. The molecular formula is C13H16INO3. The zero-order chi connectivity index (χ0) is 12.8. The first kappa shape index (κ1) is 13.5. The number of hydrogen-bond acceptors (Lipinski definition) is 3. The van der Waals surface area contributed by atoms with Gasteiger partial charge in [-0.3, -0.25) is 4.79 Å². The number of amides is 1. The highest BCUT2D eigenvalue weighted by atomic mass is 127. The number of benzene rings is 1. The number of halogens is 1. The van der Waals surface area contributed by atoms with Gasteiger partial charge in [0.2, 0.25) is 0 Å². The monoisotopic (exact) mass is 361 g/mol. The molecule has 1 aromatic carbocycles. The Kier molecular flexibility index (Phi) is 5.10. The van der Waals surface area contributed by atoms with Crippen LogP contribution in [0.2, 0.25) is 0 Å². The number of carbonyl (C=O) groups excluding carboxylic acids is 1. The molecule has 1 aliphatic heterocycles. The minimum Gasteiger partial charge on any atom is -0.486 e. The molecule has 0 saturated heterocycles. The van der Waals surface area contributed by atoms with Crippen LogP contribution in [-0.4, -0.2) is 30.1 Å². The second-order valence-electron chi connectivity index (χ2n) is 4.01. The van der Waals surface area contributed by atoms with Crippen LogP contribution in [0.4, 0.5) is 0 Å². The van der Waals surface area contributed by atoms with Gasteiger partial charge in [-0.15, -0.1) is 0 Å². The van der Waals surface area contributed by atoms with Crippen molar-refractivity contribution in [3.05, 3.63) is 23.8 Å². The molecule has 98 valence electrons. The lowest BCUT2D eigenvalue weighted by molar-refractivity contribution is 0.0952. The number of unbranched alkanes of at least 4 members (excludes halogenated alkanes) is 1. The minimum absolute atomic E-state index is 0.0552. The predicted octanol–water partition coefficient (Wildman–Crippen LogP) is 2.40. The second-order valence-corrected chi connectivity index (χ2v) is 5.09. The van der Waals surface area contributed by atoms with Crippen LogP contribution < -0.4 is 14.8 Å². The maximum absolute atomic E-state index is 11.9. The van der Waals surface area contributed by atoms with Crippen molar-refractivity contribution in [1.29, 1.82) is 0 Å². The molecule has 1 N–H and O–H groups in total. The summed E-state index contributed by atoms with van der Waals surface area (Å²) < 4.78 is 12.0. The molecule has 1 aromatic rings. The van der Waals surface area contributed by atoms with Gasteiger partial charge in [-0.25, -0.2) is 0 Å². The Morgan fingerprint density at radius 3 is 2.78 bits per heavy atom. The van der Waals surface area contributed by atoms with E-state index in [2.05, 4.69) is 27.9 Å². The highest BCUT2D eigenvalue weighted by Gasteiger charge is 2.14. The summed E-state index contributed by atoms with van der Waals surface area (Å²) in [6.07, 6.45) is 2.14. The van der Waals surface area contributed by atoms with E-state index in [4.69, 9.17) is 9.47 Å². The summed E-state index contributed by atoms with van der Waals surface area (Å²) in [6.45, 7) is 1.82. The van der Waals surface area contributed by atoms with Crippen molar-refractivity contribution >= 4 is 28.5 Å². The van der Waals surface area contributed by atoms with Crippen molar-refractivity contribution in [2.24, 2.45) is 0 Å². The number of hydrogen-bond donors (Lipinski definition) is 1. The van der Waals surface area contributed by atoms with Crippen molar-refractivity contribution in [3.8, 4) is 11.5 Å². The third kappa shape index (κ3) is 3.51. The van der Waals surface area contributed by atoms with E-state index < -0.39 is 0 Å². The second kappa shape index (κ2) is 6.82.